The average molecular weight is 372 g/mol. The average Bonchev–Trinajstić information content (AvgIpc) is 3.01. The van der Waals surface area contributed by atoms with Crippen molar-refractivity contribution < 1.29 is 38.1 Å². The van der Waals surface area contributed by atoms with Crippen LogP contribution >= 0.6 is 0 Å². The van der Waals surface area contributed by atoms with Crippen molar-refractivity contribution in [2.45, 2.75) is 47.0 Å². The summed E-state index contributed by atoms with van der Waals surface area (Å²) in [5, 5.41) is 0. The first-order valence-electron chi connectivity index (χ1n) is 9.08. The molecule has 1 aliphatic rings. The van der Waals surface area contributed by atoms with Gasteiger partial charge < -0.3 is 18.9 Å². The van der Waals surface area contributed by atoms with Gasteiger partial charge >= 0.3 is 23.9 Å². The molecule has 0 bridgehead atoms. The standard InChI is InChI=1S/C18H28O8/c1-5-23-14(19)13(15(20)24-6-2)12-10-9-11-18(12,16(21)25-7-3)17(22)26-8-4/h12-13H,5-11H2,1-4H3. The number of carbonyl (C=O) groups is 4. The van der Waals surface area contributed by atoms with E-state index in [4.69, 9.17) is 18.9 Å². The van der Waals surface area contributed by atoms with E-state index in [0.29, 0.717) is 12.8 Å². The zero-order valence-electron chi connectivity index (χ0n) is 15.9. The second-order valence-corrected chi connectivity index (χ2v) is 5.89. The first kappa shape index (κ1) is 21.9. The van der Waals surface area contributed by atoms with Gasteiger partial charge in [-0.1, -0.05) is 6.42 Å². The predicted octanol–water partition coefficient (Wildman–Crippen LogP) is 1.64. The van der Waals surface area contributed by atoms with Gasteiger partial charge in [-0.2, -0.15) is 0 Å². The second kappa shape index (κ2) is 10.1. The van der Waals surface area contributed by atoms with Gasteiger partial charge in [-0.25, -0.2) is 0 Å². The lowest BCUT2D eigenvalue weighted by molar-refractivity contribution is -0.181. The summed E-state index contributed by atoms with van der Waals surface area (Å²) in [5.74, 6) is -5.49. The third-order valence-corrected chi connectivity index (χ3v) is 4.48. The lowest BCUT2D eigenvalue weighted by Crippen LogP contribution is -2.50. The minimum atomic E-state index is -1.71. The number of hydrogen-bond acceptors (Lipinski definition) is 8. The van der Waals surface area contributed by atoms with Crippen LogP contribution in [0, 0.1) is 17.3 Å². The Morgan fingerprint density at radius 2 is 1.23 bits per heavy atom. The molecule has 0 spiro atoms. The van der Waals surface area contributed by atoms with E-state index in [0.717, 1.165) is 0 Å². The van der Waals surface area contributed by atoms with E-state index in [2.05, 4.69) is 0 Å². The fraction of sp³-hybridized carbons (Fsp3) is 0.778. The van der Waals surface area contributed by atoms with Crippen LogP contribution in [0.3, 0.4) is 0 Å². The highest BCUT2D eigenvalue weighted by atomic mass is 16.6. The first-order chi connectivity index (χ1) is 12.4. The van der Waals surface area contributed by atoms with Crippen LogP contribution in [0.1, 0.15) is 47.0 Å². The quantitative estimate of drug-likeness (QED) is 0.342. The zero-order chi connectivity index (χ0) is 19.7. The normalized spacial score (nSPS) is 18.3. The molecule has 1 rings (SSSR count). The lowest BCUT2D eigenvalue weighted by Gasteiger charge is -2.33. The van der Waals surface area contributed by atoms with Crippen molar-refractivity contribution in [3.05, 3.63) is 0 Å². The van der Waals surface area contributed by atoms with Crippen LogP contribution in [-0.4, -0.2) is 50.3 Å². The maximum Gasteiger partial charge on any atom is 0.323 e. The van der Waals surface area contributed by atoms with Gasteiger partial charge in [0.05, 0.1) is 26.4 Å². The van der Waals surface area contributed by atoms with E-state index in [-0.39, 0.29) is 32.8 Å². The lowest BCUT2D eigenvalue weighted by atomic mass is 9.71. The van der Waals surface area contributed by atoms with Gasteiger partial charge in [0.2, 0.25) is 0 Å². The summed E-state index contributed by atoms with van der Waals surface area (Å²) in [4.78, 5) is 50.4. The van der Waals surface area contributed by atoms with Gasteiger partial charge in [0.15, 0.2) is 11.3 Å². The van der Waals surface area contributed by atoms with E-state index in [9.17, 15) is 19.2 Å². The number of esters is 4. The molecule has 1 fully saturated rings. The zero-order valence-corrected chi connectivity index (χ0v) is 15.9. The summed E-state index contributed by atoms with van der Waals surface area (Å²) in [7, 11) is 0. The molecule has 0 aromatic heterocycles. The van der Waals surface area contributed by atoms with Gasteiger partial charge in [0, 0.05) is 5.92 Å². The first-order valence-corrected chi connectivity index (χ1v) is 9.08. The smallest absolute Gasteiger partial charge is 0.323 e. The molecule has 8 heteroatoms. The Balaban J connectivity index is 3.38. The van der Waals surface area contributed by atoms with Gasteiger partial charge in [0.1, 0.15) is 0 Å². The molecule has 148 valence electrons. The fourth-order valence-electron chi connectivity index (χ4n) is 3.48. The van der Waals surface area contributed by atoms with Crippen LogP contribution in [0.2, 0.25) is 0 Å². The summed E-state index contributed by atoms with van der Waals surface area (Å²) in [6.07, 6.45) is 0.919. The molecule has 1 unspecified atom stereocenters. The molecule has 0 N–H and O–H groups in total. The van der Waals surface area contributed by atoms with E-state index in [1.54, 1.807) is 27.7 Å². The topological polar surface area (TPSA) is 105 Å². The van der Waals surface area contributed by atoms with Crippen molar-refractivity contribution in [2.75, 3.05) is 26.4 Å². The molecular formula is C18H28O8. The van der Waals surface area contributed by atoms with Crippen molar-refractivity contribution in [2.24, 2.45) is 17.3 Å². The highest BCUT2D eigenvalue weighted by Gasteiger charge is 2.62. The number of ether oxygens (including phenoxy) is 4. The maximum atomic E-state index is 12.7. The summed E-state index contributed by atoms with van der Waals surface area (Å²) >= 11 is 0. The third kappa shape index (κ3) is 4.34. The predicted molar refractivity (Wildman–Crippen MR) is 89.8 cm³/mol. The molecule has 0 aliphatic heterocycles. The summed E-state index contributed by atoms with van der Waals surface area (Å²) < 4.78 is 20.3. The van der Waals surface area contributed by atoms with Gasteiger partial charge in [-0.15, -0.1) is 0 Å². The molecule has 0 aromatic rings. The number of hydrogen-bond donors (Lipinski definition) is 0. The molecular weight excluding hydrogens is 344 g/mol. The Bertz CT molecular complexity index is 491. The Hall–Kier alpha value is -2.12. The second-order valence-electron chi connectivity index (χ2n) is 5.89. The molecule has 0 amide bonds. The fourth-order valence-corrected chi connectivity index (χ4v) is 3.48. The van der Waals surface area contributed by atoms with Crippen molar-refractivity contribution in [3.63, 3.8) is 0 Å². The van der Waals surface area contributed by atoms with E-state index in [1.807, 2.05) is 0 Å². The van der Waals surface area contributed by atoms with E-state index >= 15 is 0 Å². The molecule has 26 heavy (non-hydrogen) atoms. The van der Waals surface area contributed by atoms with Crippen LogP contribution < -0.4 is 0 Å². The molecule has 0 heterocycles. The van der Waals surface area contributed by atoms with Gasteiger partial charge in [-0.05, 0) is 40.5 Å². The Kier molecular flexibility index (Phi) is 8.54. The molecule has 0 saturated heterocycles. The molecule has 1 atom stereocenters. The van der Waals surface area contributed by atoms with Gasteiger partial charge in [0.25, 0.3) is 0 Å². The highest BCUT2D eigenvalue weighted by molar-refractivity contribution is 6.04. The van der Waals surface area contributed by atoms with Crippen LogP contribution in [-0.2, 0) is 38.1 Å². The highest BCUT2D eigenvalue weighted by Crippen LogP contribution is 2.50. The largest absolute Gasteiger partial charge is 0.465 e. The number of carbonyl (C=O) groups excluding carboxylic acids is 4. The van der Waals surface area contributed by atoms with E-state index in [1.165, 1.54) is 0 Å². The minimum Gasteiger partial charge on any atom is -0.465 e. The van der Waals surface area contributed by atoms with Crippen LogP contribution in [0.25, 0.3) is 0 Å². The molecule has 0 aromatic carbocycles. The van der Waals surface area contributed by atoms with Crippen molar-refractivity contribution in [1.82, 2.24) is 0 Å². The Morgan fingerprint density at radius 3 is 1.62 bits per heavy atom. The Morgan fingerprint density at radius 1 is 0.808 bits per heavy atom. The molecule has 1 saturated carbocycles. The number of rotatable bonds is 9. The van der Waals surface area contributed by atoms with Crippen LogP contribution in [0.4, 0.5) is 0 Å². The molecule has 1 aliphatic carbocycles. The van der Waals surface area contributed by atoms with Crippen molar-refractivity contribution in [1.29, 1.82) is 0 Å². The minimum absolute atomic E-state index is 0.0628. The molecule has 8 nitrogen and oxygen atoms in total. The molecule has 0 radical (unpaired) electrons. The Labute approximate surface area is 153 Å². The third-order valence-electron chi connectivity index (χ3n) is 4.48. The SMILES string of the molecule is CCOC(=O)C(C(=O)OCC)C1CCCC1(C(=O)OCC)C(=O)OCC. The van der Waals surface area contributed by atoms with Crippen LogP contribution in [0.15, 0.2) is 0 Å². The van der Waals surface area contributed by atoms with Crippen LogP contribution in [0.5, 0.6) is 0 Å². The summed E-state index contributed by atoms with van der Waals surface area (Å²) in [6, 6.07) is 0. The summed E-state index contributed by atoms with van der Waals surface area (Å²) in [5.41, 5.74) is -1.71. The van der Waals surface area contributed by atoms with Gasteiger partial charge in [-0.3, -0.25) is 19.2 Å². The monoisotopic (exact) mass is 372 g/mol. The maximum absolute atomic E-state index is 12.7. The van der Waals surface area contributed by atoms with E-state index < -0.39 is 41.1 Å². The summed E-state index contributed by atoms with van der Waals surface area (Å²) in [6.45, 7) is 6.72. The van der Waals surface area contributed by atoms with Crippen molar-refractivity contribution in [3.8, 4) is 0 Å². The van der Waals surface area contributed by atoms with Crippen molar-refractivity contribution >= 4 is 23.9 Å².